The standard InChI is InChI=1S/C25H30ClN3O2/c1-25(2,19-6-8-20(26)9-7-19)24(31)27-21-11-13-29(14-12-21)16-17-3-4-18-5-10-23(30)28-22(18)15-17/h3-4,6-9,15,21H,5,10-14,16H2,1-2H3,(H,27,31)(H,28,30). The minimum Gasteiger partial charge on any atom is -0.353 e. The summed E-state index contributed by atoms with van der Waals surface area (Å²) < 4.78 is 0. The van der Waals surface area contributed by atoms with Gasteiger partial charge in [-0.1, -0.05) is 35.9 Å². The molecule has 2 aromatic rings. The summed E-state index contributed by atoms with van der Waals surface area (Å²) in [6, 6.07) is 14.1. The molecule has 0 spiro atoms. The summed E-state index contributed by atoms with van der Waals surface area (Å²) in [4.78, 5) is 27.0. The second-order valence-electron chi connectivity index (χ2n) is 9.20. The van der Waals surface area contributed by atoms with Crippen LogP contribution in [0.25, 0.3) is 0 Å². The Bertz CT molecular complexity index is 963. The summed E-state index contributed by atoms with van der Waals surface area (Å²) >= 11 is 5.99. The molecule has 0 atom stereocenters. The number of piperidine rings is 1. The molecule has 4 rings (SSSR count). The van der Waals surface area contributed by atoms with Crippen LogP contribution in [0.3, 0.4) is 0 Å². The Morgan fingerprint density at radius 2 is 1.84 bits per heavy atom. The highest BCUT2D eigenvalue weighted by Gasteiger charge is 2.32. The lowest BCUT2D eigenvalue weighted by molar-refractivity contribution is -0.126. The second kappa shape index (κ2) is 9.01. The van der Waals surface area contributed by atoms with Crippen LogP contribution < -0.4 is 10.6 Å². The predicted octanol–water partition coefficient (Wildman–Crippen LogP) is 4.28. The molecule has 1 saturated heterocycles. The molecule has 2 heterocycles. The van der Waals surface area contributed by atoms with Crippen molar-refractivity contribution in [3.05, 3.63) is 64.2 Å². The highest BCUT2D eigenvalue weighted by atomic mass is 35.5. The first-order valence-corrected chi connectivity index (χ1v) is 11.4. The number of fused-ring (bicyclic) bond motifs is 1. The zero-order chi connectivity index (χ0) is 22.0. The van der Waals surface area contributed by atoms with Crippen LogP contribution in [-0.2, 0) is 28.0 Å². The van der Waals surface area contributed by atoms with Crippen molar-refractivity contribution in [2.75, 3.05) is 18.4 Å². The number of likely N-dealkylation sites (tertiary alicyclic amines) is 1. The van der Waals surface area contributed by atoms with Crippen molar-refractivity contribution < 1.29 is 9.59 Å². The number of amides is 2. The topological polar surface area (TPSA) is 61.4 Å². The lowest BCUT2D eigenvalue weighted by Crippen LogP contribution is -2.49. The van der Waals surface area contributed by atoms with E-state index in [0.29, 0.717) is 11.4 Å². The first-order valence-electron chi connectivity index (χ1n) is 11.0. The van der Waals surface area contributed by atoms with E-state index in [1.54, 1.807) is 0 Å². The molecule has 1 fully saturated rings. The third-order valence-corrected chi connectivity index (χ3v) is 6.78. The second-order valence-corrected chi connectivity index (χ2v) is 9.63. The molecule has 2 N–H and O–H groups in total. The first kappa shape index (κ1) is 21.8. The number of carbonyl (C=O) groups excluding carboxylic acids is 2. The summed E-state index contributed by atoms with van der Waals surface area (Å²) in [6.45, 7) is 6.65. The van der Waals surface area contributed by atoms with Crippen LogP contribution in [0.2, 0.25) is 5.02 Å². The van der Waals surface area contributed by atoms with E-state index in [2.05, 4.69) is 33.7 Å². The van der Waals surface area contributed by atoms with Gasteiger partial charge < -0.3 is 10.6 Å². The number of aryl methyl sites for hydroxylation is 1. The van der Waals surface area contributed by atoms with Crippen LogP contribution in [0.15, 0.2) is 42.5 Å². The fourth-order valence-electron chi connectivity index (χ4n) is 4.37. The lowest BCUT2D eigenvalue weighted by Gasteiger charge is -2.34. The average Bonchev–Trinajstić information content (AvgIpc) is 2.75. The van der Waals surface area contributed by atoms with E-state index < -0.39 is 5.41 Å². The summed E-state index contributed by atoms with van der Waals surface area (Å²) in [5.74, 6) is 0.154. The van der Waals surface area contributed by atoms with Gasteiger partial charge in [0.2, 0.25) is 11.8 Å². The van der Waals surface area contributed by atoms with Gasteiger partial charge >= 0.3 is 0 Å². The molecule has 164 valence electrons. The zero-order valence-electron chi connectivity index (χ0n) is 18.2. The highest BCUT2D eigenvalue weighted by molar-refractivity contribution is 6.30. The Labute approximate surface area is 189 Å². The fraction of sp³-hybridized carbons (Fsp3) is 0.440. The molecular weight excluding hydrogens is 410 g/mol. The molecule has 0 saturated carbocycles. The van der Waals surface area contributed by atoms with Gasteiger partial charge in [-0.2, -0.15) is 0 Å². The Balaban J connectivity index is 1.30. The van der Waals surface area contributed by atoms with Gasteiger partial charge in [0, 0.05) is 42.8 Å². The van der Waals surface area contributed by atoms with Crippen LogP contribution in [-0.4, -0.2) is 35.8 Å². The minimum absolute atomic E-state index is 0.0544. The van der Waals surface area contributed by atoms with Gasteiger partial charge in [-0.3, -0.25) is 14.5 Å². The normalized spacial score (nSPS) is 17.7. The van der Waals surface area contributed by atoms with Gasteiger partial charge in [0.15, 0.2) is 0 Å². The van der Waals surface area contributed by atoms with Crippen LogP contribution in [0.1, 0.15) is 49.8 Å². The monoisotopic (exact) mass is 439 g/mol. The number of nitrogens with zero attached hydrogens (tertiary/aromatic N) is 1. The van der Waals surface area contributed by atoms with Gasteiger partial charge in [-0.05, 0) is 68.0 Å². The number of hydrogen-bond donors (Lipinski definition) is 2. The smallest absolute Gasteiger partial charge is 0.230 e. The van der Waals surface area contributed by atoms with Crippen molar-refractivity contribution in [1.82, 2.24) is 10.2 Å². The molecule has 2 aliphatic heterocycles. The van der Waals surface area contributed by atoms with E-state index in [4.69, 9.17) is 11.6 Å². The largest absolute Gasteiger partial charge is 0.353 e. The zero-order valence-corrected chi connectivity index (χ0v) is 19.0. The molecule has 2 amide bonds. The molecule has 0 bridgehead atoms. The molecule has 6 heteroatoms. The Hall–Kier alpha value is -2.37. The van der Waals surface area contributed by atoms with E-state index in [9.17, 15) is 9.59 Å². The molecule has 0 aromatic heterocycles. The van der Waals surface area contributed by atoms with E-state index in [0.717, 1.165) is 50.1 Å². The molecule has 2 aliphatic rings. The van der Waals surface area contributed by atoms with Crippen molar-refractivity contribution in [1.29, 1.82) is 0 Å². The maximum Gasteiger partial charge on any atom is 0.230 e. The van der Waals surface area contributed by atoms with Gasteiger partial charge in [-0.25, -0.2) is 0 Å². The third kappa shape index (κ3) is 5.10. The maximum absolute atomic E-state index is 13.0. The van der Waals surface area contributed by atoms with Gasteiger partial charge in [0.05, 0.1) is 5.41 Å². The van der Waals surface area contributed by atoms with Crippen molar-refractivity contribution in [2.24, 2.45) is 0 Å². The van der Waals surface area contributed by atoms with Gasteiger partial charge in [-0.15, -0.1) is 0 Å². The number of carbonyl (C=O) groups is 2. The Morgan fingerprint density at radius 3 is 2.55 bits per heavy atom. The molecule has 0 aliphatic carbocycles. The molecule has 0 unspecified atom stereocenters. The van der Waals surface area contributed by atoms with Crippen molar-refractivity contribution in [3.63, 3.8) is 0 Å². The Morgan fingerprint density at radius 1 is 1.13 bits per heavy atom. The van der Waals surface area contributed by atoms with Crippen LogP contribution in [0.5, 0.6) is 0 Å². The van der Waals surface area contributed by atoms with Crippen molar-refractivity contribution in [2.45, 2.75) is 57.5 Å². The van der Waals surface area contributed by atoms with Crippen molar-refractivity contribution >= 4 is 29.1 Å². The number of anilines is 1. The van der Waals surface area contributed by atoms with Crippen molar-refractivity contribution in [3.8, 4) is 0 Å². The van der Waals surface area contributed by atoms with Crippen LogP contribution >= 0.6 is 11.6 Å². The van der Waals surface area contributed by atoms with E-state index in [-0.39, 0.29) is 17.9 Å². The number of nitrogens with one attached hydrogen (secondary N) is 2. The van der Waals surface area contributed by atoms with E-state index >= 15 is 0 Å². The summed E-state index contributed by atoms with van der Waals surface area (Å²) in [6.07, 6.45) is 3.26. The van der Waals surface area contributed by atoms with E-state index in [1.165, 1.54) is 11.1 Å². The summed E-state index contributed by atoms with van der Waals surface area (Å²) in [7, 11) is 0. The minimum atomic E-state index is -0.602. The highest BCUT2D eigenvalue weighted by Crippen LogP contribution is 2.27. The Kier molecular flexibility index (Phi) is 6.35. The lowest BCUT2D eigenvalue weighted by atomic mass is 9.83. The molecule has 0 radical (unpaired) electrons. The fourth-order valence-corrected chi connectivity index (χ4v) is 4.50. The van der Waals surface area contributed by atoms with Gasteiger partial charge in [0.25, 0.3) is 0 Å². The number of halogens is 1. The van der Waals surface area contributed by atoms with Gasteiger partial charge in [0.1, 0.15) is 0 Å². The number of hydrogen-bond acceptors (Lipinski definition) is 3. The average molecular weight is 440 g/mol. The first-order chi connectivity index (χ1) is 14.8. The quantitative estimate of drug-likeness (QED) is 0.730. The molecule has 5 nitrogen and oxygen atoms in total. The molecule has 2 aromatic carbocycles. The summed E-state index contributed by atoms with van der Waals surface area (Å²) in [5, 5.41) is 6.92. The SMILES string of the molecule is CC(C)(C(=O)NC1CCN(Cc2ccc3c(c2)NC(=O)CC3)CC1)c1ccc(Cl)cc1. The summed E-state index contributed by atoms with van der Waals surface area (Å²) in [5.41, 5.74) is 3.75. The van der Waals surface area contributed by atoms with Crippen LogP contribution in [0, 0.1) is 0 Å². The number of benzene rings is 2. The van der Waals surface area contributed by atoms with Crippen LogP contribution in [0.4, 0.5) is 5.69 Å². The maximum atomic E-state index is 13.0. The number of rotatable bonds is 5. The molecule has 31 heavy (non-hydrogen) atoms. The molecular formula is C25H30ClN3O2. The third-order valence-electron chi connectivity index (χ3n) is 6.53. The van der Waals surface area contributed by atoms with E-state index in [1.807, 2.05) is 38.1 Å². The predicted molar refractivity (Wildman–Crippen MR) is 124 cm³/mol.